The van der Waals surface area contributed by atoms with Crippen LogP contribution in [-0.4, -0.2) is 86.3 Å². The molecule has 7 aromatic rings. The Kier molecular flexibility index (Phi) is 14.0. The van der Waals surface area contributed by atoms with E-state index in [1.54, 1.807) is 10.3 Å². The van der Waals surface area contributed by atoms with Crippen LogP contribution in [0.15, 0.2) is 204 Å². The minimum atomic E-state index is -1.38. The van der Waals surface area contributed by atoms with Gasteiger partial charge in [0, 0.05) is 46.5 Å². The van der Waals surface area contributed by atoms with Gasteiger partial charge in [0.15, 0.2) is 10.8 Å². The number of ether oxygens (including phenoxy) is 1. The lowest BCUT2D eigenvalue weighted by Gasteiger charge is -2.49. The number of nitrogens with zero attached hydrogens (tertiary/aromatic N) is 4. The van der Waals surface area contributed by atoms with Crippen LogP contribution in [0.2, 0.25) is 0 Å². The molecular weight excluding hydrogens is 945 g/mol. The first-order chi connectivity index (χ1) is 35.3. The number of benzene rings is 6. The van der Waals surface area contributed by atoms with Crippen LogP contribution in [0, 0.1) is 0 Å². The maximum atomic E-state index is 15.1. The molecule has 0 saturated carbocycles. The second kappa shape index (κ2) is 21.1. The zero-order chi connectivity index (χ0) is 49.5. The molecule has 10 rings (SSSR count). The molecule has 1 aromatic heterocycles. The Bertz CT molecular complexity index is 2910. The van der Waals surface area contributed by atoms with E-state index in [0.29, 0.717) is 23.8 Å². The fraction of sp³-hybridized carbons (Fsp3) is 0.193. The Morgan fingerprint density at radius 1 is 0.681 bits per heavy atom. The summed E-state index contributed by atoms with van der Waals surface area (Å²) in [5.74, 6) is -2.58. The van der Waals surface area contributed by atoms with E-state index >= 15 is 4.79 Å². The largest absolute Gasteiger partial charge is 0.477 e. The molecule has 2 saturated heterocycles. The van der Waals surface area contributed by atoms with Gasteiger partial charge in [0.1, 0.15) is 35.0 Å². The van der Waals surface area contributed by atoms with Crippen LogP contribution in [-0.2, 0) is 35.1 Å². The summed E-state index contributed by atoms with van der Waals surface area (Å²) in [5, 5.41) is 23.3. The molecule has 72 heavy (non-hydrogen) atoms. The zero-order valence-corrected chi connectivity index (χ0v) is 40.6. The van der Waals surface area contributed by atoms with Crippen molar-refractivity contribution in [2.75, 3.05) is 30.8 Å². The zero-order valence-electron chi connectivity index (χ0n) is 39.0. The number of thiazole rings is 1. The van der Waals surface area contributed by atoms with Gasteiger partial charge in [-0.25, -0.2) is 14.6 Å². The van der Waals surface area contributed by atoms with Crippen molar-refractivity contribution in [3.8, 4) is 0 Å². The number of carbonyl (C=O) groups is 4. The number of carbonyl (C=O) groups excluding carboxylic acids is 3. The van der Waals surface area contributed by atoms with E-state index in [-0.39, 0.29) is 29.5 Å². The van der Waals surface area contributed by atoms with Gasteiger partial charge < -0.3 is 30.2 Å². The summed E-state index contributed by atoms with van der Waals surface area (Å²) < 4.78 is 5.58. The minimum absolute atomic E-state index is 0.153. The third-order valence-electron chi connectivity index (χ3n) is 13.2. The number of piperidine rings is 1. The molecule has 0 spiro atoms. The molecule has 3 aliphatic heterocycles. The first kappa shape index (κ1) is 47.7. The highest BCUT2D eigenvalue weighted by atomic mass is 32.2. The highest BCUT2D eigenvalue weighted by Crippen LogP contribution is 2.44. The molecule has 15 heteroatoms. The molecular formula is C57H50N6O7S2. The van der Waals surface area contributed by atoms with E-state index in [9.17, 15) is 19.5 Å². The standard InChI is InChI=1S/C57H50N6O7S2/c64-50(59-48-51(65)63-49(53(66)67)39(37-71-52(48)63)36-69-55(68)62-34-20-7-21-35-62)47(61-70-57(43-28-14-4-15-29-43,44-30-16-5-17-31-44)45-32-18-6-19-33-45)46-38-72-54(58-46)60-56(40-22-8-1-9-23-40,41-24-10-2-11-25-41)42-26-12-3-13-27-42/h1-6,8-19,22-33,38,48,52H,7,20-21,34-37H2,(H,58,60)(H,59,64)(H,66,67)/b61-47-/t48?,52-/m0/s1. The van der Waals surface area contributed by atoms with Crippen LogP contribution in [0.25, 0.3) is 0 Å². The summed E-state index contributed by atoms with van der Waals surface area (Å²) in [6.45, 7) is 0.865. The van der Waals surface area contributed by atoms with Crippen LogP contribution in [0.4, 0.5) is 9.93 Å². The number of aromatic nitrogens is 1. The minimum Gasteiger partial charge on any atom is -0.477 e. The number of hydrogen-bond donors (Lipinski definition) is 3. The number of carboxylic acids is 1. The number of nitrogens with one attached hydrogen (secondary N) is 2. The van der Waals surface area contributed by atoms with Gasteiger partial charge in [-0.15, -0.1) is 23.1 Å². The fourth-order valence-corrected chi connectivity index (χ4v) is 11.8. The third-order valence-corrected chi connectivity index (χ3v) is 15.3. The normalized spacial score (nSPS) is 17.1. The van der Waals surface area contributed by atoms with Crippen molar-refractivity contribution in [2.45, 2.75) is 41.8 Å². The summed E-state index contributed by atoms with van der Waals surface area (Å²) >= 11 is 2.55. The van der Waals surface area contributed by atoms with Crippen molar-refractivity contribution >= 4 is 57.8 Å². The highest BCUT2D eigenvalue weighted by molar-refractivity contribution is 8.00. The van der Waals surface area contributed by atoms with Crippen LogP contribution in [0.1, 0.15) is 58.3 Å². The quantitative estimate of drug-likeness (QED) is 0.0368. The first-order valence-electron chi connectivity index (χ1n) is 23.7. The Balaban J connectivity index is 1.03. The molecule has 1 unspecified atom stereocenters. The van der Waals surface area contributed by atoms with Crippen LogP contribution >= 0.6 is 23.1 Å². The summed E-state index contributed by atoms with van der Waals surface area (Å²) in [7, 11) is 0. The van der Waals surface area contributed by atoms with Crippen LogP contribution in [0.5, 0.6) is 0 Å². The summed E-state index contributed by atoms with van der Waals surface area (Å²) in [4.78, 5) is 69.7. The van der Waals surface area contributed by atoms with Gasteiger partial charge in [-0.05, 0) is 36.0 Å². The lowest BCUT2D eigenvalue weighted by atomic mass is 9.77. The number of thioether (sulfide) groups is 1. The fourth-order valence-electron chi connectivity index (χ4n) is 9.70. The predicted octanol–water partition coefficient (Wildman–Crippen LogP) is 9.62. The van der Waals surface area contributed by atoms with E-state index in [1.807, 2.05) is 146 Å². The number of anilines is 1. The molecule has 0 aliphatic carbocycles. The molecule has 362 valence electrons. The van der Waals surface area contributed by atoms with Gasteiger partial charge in [0.2, 0.25) is 5.60 Å². The highest BCUT2D eigenvalue weighted by Gasteiger charge is 2.55. The van der Waals surface area contributed by atoms with Gasteiger partial charge >= 0.3 is 12.1 Å². The molecule has 6 aromatic carbocycles. The van der Waals surface area contributed by atoms with Crippen molar-refractivity contribution in [1.29, 1.82) is 0 Å². The maximum Gasteiger partial charge on any atom is 0.410 e. The maximum absolute atomic E-state index is 15.1. The number of hydrogen-bond acceptors (Lipinski definition) is 11. The van der Waals surface area contributed by atoms with E-state index in [0.717, 1.165) is 57.5 Å². The number of carboxylic acid groups (broad SMARTS) is 1. The molecule has 0 bridgehead atoms. The topological polar surface area (TPSA) is 163 Å². The van der Waals surface area contributed by atoms with Gasteiger partial charge in [0.05, 0.1) is 0 Å². The lowest BCUT2D eigenvalue weighted by molar-refractivity contribution is -0.150. The Morgan fingerprint density at radius 2 is 1.15 bits per heavy atom. The smallest absolute Gasteiger partial charge is 0.410 e. The average Bonchev–Trinajstić information content (AvgIpc) is 3.91. The average molecular weight is 995 g/mol. The molecule has 2 fully saturated rings. The van der Waals surface area contributed by atoms with Crippen molar-refractivity contribution in [3.05, 3.63) is 238 Å². The first-order valence-corrected chi connectivity index (χ1v) is 25.7. The van der Waals surface area contributed by atoms with Crippen molar-refractivity contribution in [2.24, 2.45) is 5.16 Å². The molecule has 0 radical (unpaired) electrons. The van der Waals surface area contributed by atoms with E-state index in [2.05, 4.69) is 47.0 Å². The Hall–Kier alpha value is -8.01. The molecule has 3 amide bonds. The predicted molar refractivity (Wildman–Crippen MR) is 278 cm³/mol. The Labute approximate surface area is 425 Å². The second-order valence-corrected chi connectivity index (χ2v) is 19.5. The number of oxime groups is 1. The van der Waals surface area contributed by atoms with Gasteiger partial charge in [-0.2, -0.15) is 0 Å². The second-order valence-electron chi connectivity index (χ2n) is 17.5. The summed E-state index contributed by atoms with van der Waals surface area (Å²) in [6, 6.07) is 57.9. The third kappa shape index (κ3) is 9.24. The van der Waals surface area contributed by atoms with Crippen molar-refractivity contribution in [3.63, 3.8) is 0 Å². The number of amides is 3. The molecule has 3 N–H and O–H groups in total. The van der Waals surface area contributed by atoms with Crippen molar-refractivity contribution in [1.82, 2.24) is 20.1 Å². The molecule has 3 aliphatic rings. The van der Waals surface area contributed by atoms with Crippen LogP contribution in [0.3, 0.4) is 0 Å². The SMILES string of the molecule is O=C(O)C1=C(COC(=O)N2CCCCC2)CS[C@H]2C(NC(=O)/C(=N\OC(c3ccccc3)(c3ccccc3)c3ccccc3)c3csc(NC(c4ccccc4)(c4ccccc4)c4ccccc4)n3)C(=O)N12. The van der Waals surface area contributed by atoms with Gasteiger partial charge in [-0.1, -0.05) is 187 Å². The van der Waals surface area contributed by atoms with Gasteiger partial charge in [0.25, 0.3) is 11.8 Å². The van der Waals surface area contributed by atoms with E-state index in [1.165, 1.54) is 23.1 Å². The van der Waals surface area contributed by atoms with Crippen LogP contribution < -0.4 is 10.6 Å². The van der Waals surface area contributed by atoms with Gasteiger partial charge in [-0.3, -0.25) is 14.5 Å². The number of β-lactam (4-membered cyclic amide) rings is 1. The van der Waals surface area contributed by atoms with Crippen molar-refractivity contribution < 1.29 is 33.9 Å². The lowest BCUT2D eigenvalue weighted by Crippen LogP contribution is -2.71. The number of aliphatic carboxylic acids is 1. The molecule has 13 nitrogen and oxygen atoms in total. The van der Waals surface area contributed by atoms with E-state index < -0.39 is 46.4 Å². The summed E-state index contributed by atoms with van der Waals surface area (Å²) in [6.07, 6.45) is 2.25. The summed E-state index contributed by atoms with van der Waals surface area (Å²) in [5.41, 5.74) is 2.70. The molecule has 4 heterocycles. The number of likely N-dealkylation sites (tertiary alicyclic amines) is 1. The van der Waals surface area contributed by atoms with E-state index in [4.69, 9.17) is 19.7 Å². The number of fused-ring (bicyclic) bond motifs is 1. The molecule has 2 atom stereocenters. The number of rotatable bonds is 16. The monoisotopic (exact) mass is 994 g/mol. The Morgan fingerprint density at radius 3 is 1.62 bits per heavy atom.